The largest absolute Gasteiger partial charge is 0.309 e. The van der Waals surface area contributed by atoms with Crippen molar-refractivity contribution >= 4 is 38.9 Å². The lowest BCUT2D eigenvalue weighted by Crippen LogP contribution is -2.11. The van der Waals surface area contributed by atoms with Gasteiger partial charge in [-0.05, 0) is 85.0 Å². The molecular formula is C51H40N2. The first kappa shape index (κ1) is 32.3. The quantitative estimate of drug-likeness (QED) is 0.163. The van der Waals surface area contributed by atoms with Gasteiger partial charge in [0, 0.05) is 27.6 Å². The van der Waals surface area contributed by atoms with Gasteiger partial charge in [0.15, 0.2) is 0 Å². The summed E-state index contributed by atoms with van der Waals surface area (Å²) in [4.78, 5) is 2.46. The van der Waals surface area contributed by atoms with Crippen molar-refractivity contribution in [3.05, 3.63) is 205 Å². The van der Waals surface area contributed by atoms with Crippen LogP contribution in [0.15, 0.2) is 188 Å². The first-order valence-electron chi connectivity index (χ1n) is 18.4. The number of hydrogen-bond acceptors (Lipinski definition) is 1. The fraction of sp³-hybridized carbons (Fsp3) is 0.0588. The van der Waals surface area contributed by atoms with Crippen LogP contribution < -0.4 is 4.90 Å². The van der Waals surface area contributed by atoms with Gasteiger partial charge < -0.3 is 9.47 Å². The first-order valence-corrected chi connectivity index (χ1v) is 18.4. The minimum Gasteiger partial charge on any atom is -0.309 e. The van der Waals surface area contributed by atoms with Crippen LogP contribution in [0, 0.1) is 20.8 Å². The highest BCUT2D eigenvalue weighted by atomic mass is 15.2. The second-order valence-electron chi connectivity index (χ2n) is 14.0. The minimum atomic E-state index is 1.10. The van der Waals surface area contributed by atoms with E-state index in [0.29, 0.717) is 0 Å². The molecule has 0 saturated heterocycles. The molecule has 0 unspecified atom stereocenters. The van der Waals surface area contributed by atoms with Crippen molar-refractivity contribution in [1.82, 2.24) is 4.57 Å². The van der Waals surface area contributed by atoms with E-state index in [0.717, 1.165) is 17.1 Å². The number of aryl methyl sites for hydroxylation is 3. The van der Waals surface area contributed by atoms with E-state index in [2.05, 4.69) is 218 Å². The highest BCUT2D eigenvalue weighted by Crippen LogP contribution is 2.47. The molecule has 0 bridgehead atoms. The number of fused-ring (bicyclic) bond motifs is 3. The Morgan fingerprint density at radius 2 is 0.962 bits per heavy atom. The van der Waals surface area contributed by atoms with Crippen LogP contribution in [-0.2, 0) is 0 Å². The molecule has 0 saturated carbocycles. The Kier molecular flexibility index (Phi) is 8.21. The third-order valence-corrected chi connectivity index (χ3v) is 10.4. The summed E-state index contributed by atoms with van der Waals surface area (Å²) in [7, 11) is 0. The van der Waals surface area contributed by atoms with Crippen LogP contribution >= 0.6 is 0 Å². The third-order valence-electron chi connectivity index (χ3n) is 10.4. The second kappa shape index (κ2) is 13.5. The molecular weight excluding hydrogens is 641 g/mol. The Bertz CT molecular complexity index is 2720. The molecule has 0 amide bonds. The molecule has 0 N–H and O–H groups in total. The second-order valence-corrected chi connectivity index (χ2v) is 14.0. The van der Waals surface area contributed by atoms with E-state index < -0.39 is 0 Å². The summed E-state index contributed by atoms with van der Waals surface area (Å²) in [6.07, 6.45) is 0. The zero-order chi connectivity index (χ0) is 35.9. The van der Waals surface area contributed by atoms with Crippen molar-refractivity contribution < 1.29 is 0 Å². The summed E-state index contributed by atoms with van der Waals surface area (Å²) in [5.74, 6) is 0. The van der Waals surface area contributed by atoms with Crippen molar-refractivity contribution in [3.8, 4) is 39.1 Å². The summed E-state index contributed by atoms with van der Waals surface area (Å²) >= 11 is 0. The van der Waals surface area contributed by atoms with Crippen molar-refractivity contribution in [1.29, 1.82) is 0 Å². The van der Waals surface area contributed by atoms with Crippen LogP contribution in [0.4, 0.5) is 17.1 Å². The van der Waals surface area contributed by atoms with Crippen molar-refractivity contribution in [2.24, 2.45) is 0 Å². The van der Waals surface area contributed by atoms with Crippen LogP contribution in [0.2, 0.25) is 0 Å². The molecule has 9 aromatic rings. The number of nitrogens with zero attached hydrogens (tertiary/aromatic N) is 2. The molecule has 0 spiro atoms. The van der Waals surface area contributed by atoms with Gasteiger partial charge in [0.2, 0.25) is 0 Å². The molecule has 53 heavy (non-hydrogen) atoms. The van der Waals surface area contributed by atoms with Gasteiger partial charge in [-0.3, -0.25) is 0 Å². The van der Waals surface area contributed by atoms with Crippen molar-refractivity contribution in [2.75, 3.05) is 4.90 Å². The first-order chi connectivity index (χ1) is 26.0. The zero-order valence-corrected chi connectivity index (χ0v) is 30.3. The van der Waals surface area contributed by atoms with E-state index in [1.165, 1.54) is 77.6 Å². The molecule has 1 aromatic heterocycles. The maximum atomic E-state index is 2.50. The van der Waals surface area contributed by atoms with Crippen LogP contribution in [-0.4, -0.2) is 4.57 Å². The van der Waals surface area contributed by atoms with Crippen LogP contribution in [0.25, 0.3) is 60.9 Å². The number of rotatable bonds is 7. The molecule has 2 nitrogen and oxygen atoms in total. The van der Waals surface area contributed by atoms with E-state index in [-0.39, 0.29) is 0 Å². The smallest absolute Gasteiger partial charge is 0.0569 e. The molecule has 0 aliphatic rings. The fourth-order valence-corrected chi connectivity index (χ4v) is 8.12. The summed E-state index contributed by atoms with van der Waals surface area (Å²) in [6.45, 7) is 6.61. The van der Waals surface area contributed by atoms with Crippen molar-refractivity contribution in [2.45, 2.75) is 20.8 Å². The monoisotopic (exact) mass is 680 g/mol. The van der Waals surface area contributed by atoms with E-state index in [1.54, 1.807) is 0 Å². The molecule has 0 atom stereocenters. The lowest BCUT2D eigenvalue weighted by Gasteiger charge is -2.29. The zero-order valence-electron chi connectivity index (χ0n) is 30.3. The lowest BCUT2D eigenvalue weighted by molar-refractivity contribution is 1.15. The lowest BCUT2D eigenvalue weighted by atomic mass is 9.97. The van der Waals surface area contributed by atoms with Gasteiger partial charge in [0.05, 0.1) is 28.1 Å². The molecule has 0 radical (unpaired) electrons. The average Bonchev–Trinajstić information content (AvgIpc) is 3.53. The summed E-state index contributed by atoms with van der Waals surface area (Å²) in [6, 6.07) is 68.4. The average molecular weight is 681 g/mol. The summed E-state index contributed by atoms with van der Waals surface area (Å²) in [5.41, 5.74) is 17.9. The number of para-hydroxylation sites is 3. The number of benzene rings is 8. The molecule has 0 fully saturated rings. The van der Waals surface area contributed by atoms with E-state index in [1.807, 2.05) is 0 Å². The molecule has 0 aliphatic heterocycles. The van der Waals surface area contributed by atoms with Crippen molar-refractivity contribution in [3.63, 3.8) is 0 Å². The molecule has 254 valence electrons. The third kappa shape index (κ3) is 5.79. The van der Waals surface area contributed by atoms with E-state index in [9.17, 15) is 0 Å². The van der Waals surface area contributed by atoms with Gasteiger partial charge in [0.1, 0.15) is 0 Å². The Labute approximate surface area is 311 Å². The van der Waals surface area contributed by atoms with Gasteiger partial charge in [-0.25, -0.2) is 0 Å². The normalized spacial score (nSPS) is 11.3. The SMILES string of the molecule is Cc1cc(C)cc(-c2cccc(C)c2-n2c3ccccc3c3c(N(c4ccc(-c5ccccc5)cc4)c4ccccc4-c4ccccc4)cccc32)c1. The highest BCUT2D eigenvalue weighted by molar-refractivity contribution is 6.17. The maximum absolute atomic E-state index is 2.50. The van der Waals surface area contributed by atoms with E-state index >= 15 is 0 Å². The number of hydrogen-bond donors (Lipinski definition) is 0. The van der Waals surface area contributed by atoms with Crippen LogP contribution in [0.1, 0.15) is 16.7 Å². The molecule has 2 heteroatoms. The Balaban J connectivity index is 1.34. The van der Waals surface area contributed by atoms with Crippen LogP contribution in [0.5, 0.6) is 0 Å². The maximum Gasteiger partial charge on any atom is 0.0569 e. The Morgan fingerprint density at radius 3 is 1.72 bits per heavy atom. The number of anilines is 3. The molecule has 0 aliphatic carbocycles. The topological polar surface area (TPSA) is 8.17 Å². The van der Waals surface area contributed by atoms with Gasteiger partial charge in [-0.2, -0.15) is 0 Å². The van der Waals surface area contributed by atoms with Gasteiger partial charge in [-0.1, -0.05) is 163 Å². The standard InChI is InChI=1S/C51H40N2/c1-35-32-36(2)34-41(33-35)44-23-14-16-37(3)51(44)53-47-25-13-11-22-45(47)50-48(26-15-27-49(50)53)52(42-30-28-39(29-31-42)38-17-6-4-7-18-38)46-24-12-10-21-43(46)40-19-8-5-9-20-40/h4-34H,1-3H3. The minimum absolute atomic E-state index is 1.10. The fourth-order valence-electron chi connectivity index (χ4n) is 8.12. The number of aromatic nitrogens is 1. The Morgan fingerprint density at radius 1 is 0.396 bits per heavy atom. The molecule has 8 aromatic carbocycles. The van der Waals surface area contributed by atoms with Gasteiger partial charge >= 0.3 is 0 Å². The predicted octanol–water partition coefficient (Wildman–Crippen LogP) is 14.2. The van der Waals surface area contributed by atoms with Gasteiger partial charge in [-0.15, -0.1) is 0 Å². The van der Waals surface area contributed by atoms with Crippen LogP contribution in [0.3, 0.4) is 0 Å². The molecule has 1 heterocycles. The van der Waals surface area contributed by atoms with Gasteiger partial charge in [0.25, 0.3) is 0 Å². The summed E-state index contributed by atoms with van der Waals surface area (Å²) < 4.78 is 2.50. The Hall–Kier alpha value is -6.64. The van der Waals surface area contributed by atoms with E-state index in [4.69, 9.17) is 0 Å². The predicted molar refractivity (Wildman–Crippen MR) is 226 cm³/mol. The summed E-state index contributed by atoms with van der Waals surface area (Å²) in [5, 5.41) is 2.43. The molecule has 9 rings (SSSR count). The highest BCUT2D eigenvalue weighted by Gasteiger charge is 2.24.